The Morgan fingerprint density at radius 3 is 2.22 bits per heavy atom. The van der Waals surface area contributed by atoms with E-state index in [9.17, 15) is 18.0 Å². The topological polar surface area (TPSA) is 49.3 Å². The second-order valence-electron chi connectivity index (χ2n) is 7.01. The largest absolute Gasteiger partial charge is 0.433 e. The zero-order valence-corrected chi connectivity index (χ0v) is 15.2. The first-order chi connectivity index (χ1) is 12.7. The number of hydrogen-bond donors (Lipinski definition) is 0. The van der Waals surface area contributed by atoms with E-state index in [2.05, 4.69) is 9.97 Å². The van der Waals surface area contributed by atoms with Gasteiger partial charge >= 0.3 is 6.18 Å². The van der Waals surface area contributed by atoms with E-state index in [0.717, 1.165) is 17.8 Å². The Morgan fingerprint density at radius 1 is 1.00 bits per heavy atom. The van der Waals surface area contributed by atoms with E-state index in [4.69, 9.17) is 0 Å². The van der Waals surface area contributed by atoms with Gasteiger partial charge < -0.3 is 9.80 Å². The summed E-state index contributed by atoms with van der Waals surface area (Å²) in [5.74, 6) is 0.0394. The van der Waals surface area contributed by atoms with E-state index in [1.807, 2.05) is 44.2 Å². The normalized spacial score (nSPS) is 15.7. The van der Waals surface area contributed by atoms with Crippen LogP contribution < -0.4 is 4.90 Å². The van der Waals surface area contributed by atoms with Gasteiger partial charge in [0.05, 0.1) is 5.41 Å². The van der Waals surface area contributed by atoms with Crippen LogP contribution in [-0.2, 0) is 16.4 Å². The first kappa shape index (κ1) is 19.1. The summed E-state index contributed by atoms with van der Waals surface area (Å²) >= 11 is 0. The molecule has 0 atom stereocenters. The van der Waals surface area contributed by atoms with Gasteiger partial charge in [-0.15, -0.1) is 0 Å². The number of halogens is 3. The first-order valence-electron chi connectivity index (χ1n) is 8.69. The molecule has 1 amide bonds. The summed E-state index contributed by atoms with van der Waals surface area (Å²) < 4.78 is 38.5. The van der Waals surface area contributed by atoms with Crippen LogP contribution in [0, 0.1) is 0 Å². The smallest absolute Gasteiger partial charge is 0.338 e. The van der Waals surface area contributed by atoms with E-state index in [-0.39, 0.29) is 11.9 Å². The number of anilines is 1. The van der Waals surface area contributed by atoms with Crippen LogP contribution in [0.4, 0.5) is 19.1 Å². The van der Waals surface area contributed by atoms with Crippen LogP contribution in [0.2, 0.25) is 0 Å². The van der Waals surface area contributed by atoms with E-state index in [1.54, 1.807) is 9.80 Å². The first-order valence-corrected chi connectivity index (χ1v) is 8.69. The summed E-state index contributed by atoms with van der Waals surface area (Å²) in [5.41, 5.74) is -0.703. The Balaban J connectivity index is 1.68. The summed E-state index contributed by atoms with van der Waals surface area (Å²) in [7, 11) is 0. The molecule has 3 rings (SSSR count). The van der Waals surface area contributed by atoms with E-state index >= 15 is 0 Å². The molecule has 2 aromatic rings. The molecule has 1 fully saturated rings. The van der Waals surface area contributed by atoms with Crippen molar-refractivity contribution in [2.45, 2.75) is 25.4 Å². The predicted octanol–water partition coefficient (Wildman–Crippen LogP) is 3.12. The van der Waals surface area contributed by atoms with Crippen molar-refractivity contribution in [3.63, 3.8) is 0 Å². The summed E-state index contributed by atoms with van der Waals surface area (Å²) in [6.45, 7) is 5.36. The SMILES string of the molecule is CC(C)(C(=O)N1CCN(c2nccc(C(F)(F)F)n2)CC1)c1ccccc1. The Hall–Kier alpha value is -2.64. The number of alkyl halides is 3. The lowest BCUT2D eigenvalue weighted by atomic mass is 9.83. The molecule has 2 heterocycles. The highest BCUT2D eigenvalue weighted by molar-refractivity contribution is 5.87. The fraction of sp³-hybridized carbons (Fsp3) is 0.421. The minimum absolute atomic E-state index is 0.00156. The molecule has 0 radical (unpaired) electrons. The van der Waals surface area contributed by atoms with Crippen LogP contribution in [0.25, 0.3) is 0 Å². The molecule has 8 heteroatoms. The van der Waals surface area contributed by atoms with Gasteiger partial charge in [0.2, 0.25) is 11.9 Å². The lowest BCUT2D eigenvalue weighted by molar-refractivity contribution is -0.141. The molecule has 0 saturated carbocycles. The number of carbonyl (C=O) groups excluding carboxylic acids is 1. The third kappa shape index (κ3) is 4.04. The highest BCUT2D eigenvalue weighted by atomic mass is 19.4. The molecule has 1 aromatic carbocycles. The number of carbonyl (C=O) groups is 1. The van der Waals surface area contributed by atoms with Crippen LogP contribution in [0.3, 0.4) is 0 Å². The van der Waals surface area contributed by atoms with Gasteiger partial charge in [0, 0.05) is 32.4 Å². The fourth-order valence-corrected chi connectivity index (χ4v) is 3.14. The molecular formula is C19H21F3N4O. The lowest BCUT2D eigenvalue weighted by Crippen LogP contribution is -2.53. The van der Waals surface area contributed by atoms with Crippen LogP contribution in [0.15, 0.2) is 42.6 Å². The monoisotopic (exact) mass is 378 g/mol. The van der Waals surface area contributed by atoms with Crippen LogP contribution in [0.5, 0.6) is 0 Å². The number of aromatic nitrogens is 2. The van der Waals surface area contributed by atoms with Gasteiger partial charge in [0.15, 0.2) is 0 Å². The molecule has 5 nitrogen and oxygen atoms in total. The maximum Gasteiger partial charge on any atom is 0.433 e. The summed E-state index contributed by atoms with van der Waals surface area (Å²) in [5, 5.41) is 0. The average molecular weight is 378 g/mol. The molecule has 1 saturated heterocycles. The Kier molecular flexibility index (Phi) is 5.08. The maximum absolute atomic E-state index is 13.0. The molecule has 27 heavy (non-hydrogen) atoms. The van der Waals surface area contributed by atoms with Gasteiger partial charge in [0.25, 0.3) is 0 Å². The number of amides is 1. The number of rotatable bonds is 3. The van der Waals surface area contributed by atoms with Crippen molar-refractivity contribution in [2.24, 2.45) is 0 Å². The minimum Gasteiger partial charge on any atom is -0.338 e. The van der Waals surface area contributed by atoms with Crippen molar-refractivity contribution in [2.75, 3.05) is 31.1 Å². The van der Waals surface area contributed by atoms with E-state index in [1.165, 1.54) is 0 Å². The van der Waals surface area contributed by atoms with Crippen LogP contribution in [-0.4, -0.2) is 47.0 Å². The molecular weight excluding hydrogens is 357 g/mol. The molecule has 0 bridgehead atoms. The fourth-order valence-electron chi connectivity index (χ4n) is 3.14. The summed E-state index contributed by atoms with van der Waals surface area (Å²) in [6, 6.07) is 10.4. The van der Waals surface area contributed by atoms with Crippen molar-refractivity contribution < 1.29 is 18.0 Å². The highest BCUT2D eigenvalue weighted by Crippen LogP contribution is 2.29. The van der Waals surface area contributed by atoms with Crippen molar-refractivity contribution in [3.05, 3.63) is 53.9 Å². The second kappa shape index (κ2) is 7.17. The highest BCUT2D eigenvalue weighted by Gasteiger charge is 2.36. The third-order valence-electron chi connectivity index (χ3n) is 4.81. The summed E-state index contributed by atoms with van der Waals surface area (Å²) in [4.78, 5) is 24.0. The van der Waals surface area contributed by atoms with Gasteiger partial charge in [-0.05, 0) is 25.5 Å². The maximum atomic E-state index is 13.0. The van der Waals surface area contributed by atoms with E-state index < -0.39 is 17.3 Å². The molecule has 0 unspecified atom stereocenters. The molecule has 1 aliphatic rings. The third-order valence-corrected chi connectivity index (χ3v) is 4.81. The van der Waals surface area contributed by atoms with Gasteiger partial charge in [-0.1, -0.05) is 30.3 Å². The number of piperazine rings is 1. The number of nitrogens with zero attached hydrogens (tertiary/aromatic N) is 4. The van der Waals surface area contributed by atoms with Crippen LogP contribution >= 0.6 is 0 Å². The molecule has 1 aliphatic heterocycles. The van der Waals surface area contributed by atoms with Gasteiger partial charge in [0.1, 0.15) is 5.69 Å². The molecule has 0 spiro atoms. The number of hydrogen-bond acceptors (Lipinski definition) is 4. The minimum atomic E-state index is -4.50. The van der Waals surface area contributed by atoms with Crippen molar-refractivity contribution in [3.8, 4) is 0 Å². The average Bonchev–Trinajstić information content (AvgIpc) is 2.67. The van der Waals surface area contributed by atoms with Gasteiger partial charge in [-0.25, -0.2) is 9.97 Å². The lowest BCUT2D eigenvalue weighted by Gasteiger charge is -2.38. The van der Waals surface area contributed by atoms with Crippen LogP contribution in [0.1, 0.15) is 25.1 Å². The zero-order chi connectivity index (χ0) is 19.7. The molecule has 144 valence electrons. The number of benzene rings is 1. The molecule has 0 aliphatic carbocycles. The predicted molar refractivity (Wildman–Crippen MR) is 95.3 cm³/mol. The Morgan fingerprint density at radius 2 is 1.63 bits per heavy atom. The second-order valence-corrected chi connectivity index (χ2v) is 7.01. The van der Waals surface area contributed by atoms with Crippen molar-refractivity contribution >= 4 is 11.9 Å². The summed E-state index contributed by atoms with van der Waals surface area (Å²) in [6.07, 6.45) is -3.39. The zero-order valence-electron chi connectivity index (χ0n) is 15.2. The van der Waals surface area contributed by atoms with E-state index in [0.29, 0.717) is 26.2 Å². The standard InChI is InChI=1S/C19H21F3N4O/c1-18(2,14-6-4-3-5-7-14)16(27)25-10-12-26(13-11-25)17-23-9-8-15(24-17)19(20,21)22/h3-9H,10-13H2,1-2H3. The quantitative estimate of drug-likeness (QED) is 0.824. The van der Waals surface area contributed by atoms with Crippen molar-refractivity contribution in [1.29, 1.82) is 0 Å². The Bertz CT molecular complexity index is 800. The molecule has 0 N–H and O–H groups in total. The molecule has 1 aromatic heterocycles. The Labute approximate surface area is 155 Å². The van der Waals surface area contributed by atoms with Crippen molar-refractivity contribution in [1.82, 2.24) is 14.9 Å². The van der Waals surface area contributed by atoms with Gasteiger partial charge in [-0.2, -0.15) is 13.2 Å². The van der Waals surface area contributed by atoms with Gasteiger partial charge in [-0.3, -0.25) is 4.79 Å².